The van der Waals surface area contributed by atoms with E-state index in [0.29, 0.717) is 0 Å². The molecule has 0 heterocycles. The van der Waals surface area contributed by atoms with Gasteiger partial charge in [-0.25, -0.2) is 0 Å². The molecule has 1 aromatic rings. The van der Waals surface area contributed by atoms with E-state index in [0.717, 1.165) is 6.42 Å². The van der Waals surface area contributed by atoms with Crippen LogP contribution in [0.2, 0.25) is 0 Å². The van der Waals surface area contributed by atoms with Crippen LogP contribution in [0.1, 0.15) is 56.2 Å². The Balaban J connectivity index is 2.33. The number of benzene rings is 1. The minimum absolute atomic E-state index is 0.224. The van der Waals surface area contributed by atoms with E-state index in [1.54, 1.807) is 0 Å². The molecule has 0 spiro atoms. The highest BCUT2D eigenvalue weighted by atomic mass is 14.6. The van der Waals surface area contributed by atoms with Crippen molar-refractivity contribution in [3.05, 3.63) is 35.4 Å². The van der Waals surface area contributed by atoms with Gasteiger partial charge in [0.2, 0.25) is 0 Å². The lowest BCUT2D eigenvalue weighted by Crippen LogP contribution is -2.09. The molecule has 15 heavy (non-hydrogen) atoms. The van der Waals surface area contributed by atoms with Crippen molar-refractivity contribution in [2.45, 2.75) is 52.0 Å². The van der Waals surface area contributed by atoms with Gasteiger partial charge < -0.3 is 5.73 Å². The first-order valence-corrected chi connectivity index (χ1v) is 6.06. The summed E-state index contributed by atoms with van der Waals surface area (Å²) in [5, 5.41) is 0. The molecule has 2 N–H and O–H groups in total. The molecule has 0 fully saturated rings. The molecule has 0 aliphatic rings. The summed E-state index contributed by atoms with van der Waals surface area (Å²) < 4.78 is 0. The van der Waals surface area contributed by atoms with Gasteiger partial charge in [0.1, 0.15) is 0 Å². The highest BCUT2D eigenvalue weighted by Crippen LogP contribution is 2.17. The zero-order valence-electron chi connectivity index (χ0n) is 10.00. The normalized spacial score (nSPS) is 12.7. The number of nitrogens with two attached hydrogens (primary N) is 1. The summed E-state index contributed by atoms with van der Waals surface area (Å²) in [5.74, 6) is 0. The highest BCUT2D eigenvalue weighted by Gasteiger charge is 2.04. The molecule has 1 nitrogen and oxygen atoms in total. The maximum Gasteiger partial charge on any atom is 0.0294 e. The Morgan fingerprint density at radius 3 is 2.33 bits per heavy atom. The Morgan fingerprint density at radius 2 is 1.73 bits per heavy atom. The first-order valence-electron chi connectivity index (χ1n) is 6.06. The summed E-state index contributed by atoms with van der Waals surface area (Å²) in [6, 6.07) is 8.81. The molecule has 1 unspecified atom stereocenters. The Morgan fingerprint density at radius 1 is 1.07 bits per heavy atom. The van der Waals surface area contributed by atoms with Crippen LogP contribution in [0.5, 0.6) is 0 Å². The van der Waals surface area contributed by atoms with Gasteiger partial charge in [-0.05, 0) is 18.9 Å². The van der Waals surface area contributed by atoms with E-state index in [9.17, 15) is 0 Å². The Kier molecular flexibility index (Phi) is 5.41. The Labute approximate surface area is 93.7 Å². The summed E-state index contributed by atoms with van der Waals surface area (Å²) >= 11 is 0. The van der Waals surface area contributed by atoms with Gasteiger partial charge in [0.05, 0.1) is 0 Å². The van der Waals surface area contributed by atoms with Gasteiger partial charge in [-0.2, -0.15) is 0 Å². The quantitative estimate of drug-likeness (QED) is 0.699. The van der Waals surface area contributed by atoms with Crippen LogP contribution in [0.4, 0.5) is 0 Å². The fourth-order valence-corrected chi connectivity index (χ4v) is 1.77. The van der Waals surface area contributed by atoms with Gasteiger partial charge >= 0.3 is 0 Å². The summed E-state index contributed by atoms with van der Waals surface area (Å²) in [6.45, 7) is 4.34. The number of hydrogen-bond acceptors (Lipinski definition) is 1. The SMILES string of the molecule is CCCCCCC(N)c1ccc(C)cc1. The zero-order chi connectivity index (χ0) is 11.1. The second-order valence-electron chi connectivity index (χ2n) is 4.37. The van der Waals surface area contributed by atoms with Crippen LogP contribution < -0.4 is 5.73 Å². The van der Waals surface area contributed by atoms with E-state index in [2.05, 4.69) is 38.1 Å². The van der Waals surface area contributed by atoms with Crippen molar-refractivity contribution in [2.75, 3.05) is 0 Å². The molecule has 0 bridgehead atoms. The molecule has 84 valence electrons. The van der Waals surface area contributed by atoms with Crippen molar-refractivity contribution < 1.29 is 0 Å². The first kappa shape index (κ1) is 12.3. The fourth-order valence-electron chi connectivity index (χ4n) is 1.77. The highest BCUT2D eigenvalue weighted by molar-refractivity contribution is 5.23. The third-order valence-electron chi connectivity index (χ3n) is 2.87. The van der Waals surface area contributed by atoms with E-state index in [1.165, 1.54) is 36.8 Å². The number of unbranched alkanes of at least 4 members (excludes halogenated alkanes) is 3. The van der Waals surface area contributed by atoms with Crippen molar-refractivity contribution in [2.24, 2.45) is 5.73 Å². The van der Waals surface area contributed by atoms with E-state index in [-0.39, 0.29) is 6.04 Å². The van der Waals surface area contributed by atoms with E-state index >= 15 is 0 Å². The molecule has 1 aromatic carbocycles. The molecule has 1 atom stereocenters. The van der Waals surface area contributed by atoms with Gasteiger partial charge in [0, 0.05) is 6.04 Å². The minimum Gasteiger partial charge on any atom is -0.324 e. The third-order valence-corrected chi connectivity index (χ3v) is 2.87. The standard InChI is InChI=1S/C14H23N/c1-3-4-5-6-7-14(15)13-10-8-12(2)9-11-13/h8-11,14H,3-7,15H2,1-2H3. The van der Waals surface area contributed by atoms with Crippen LogP contribution in [0.15, 0.2) is 24.3 Å². The van der Waals surface area contributed by atoms with Crippen LogP contribution in [-0.2, 0) is 0 Å². The summed E-state index contributed by atoms with van der Waals surface area (Å²) in [4.78, 5) is 0. The molecule has 1 rings (SSSR count). The topological polar surface area (TPSA) is 26.0 Å². The van der Waals surface area contributed by atoms with Gasteiger partial charge in [0.25, 0.3) is 0 Å². The fraction of sp³-hybridized carbons (Fsp3) is 0.571. The van der Waals surface area contributed by atoms with Crippen LogP contribution in [0.25, 0.3) is 0 Å². The second-order valence-corrected chi connectivity index (χ2v) is 4.37. The Bertz CT molecular complexity index is 263. The lowest BCUT2D eigenvalue weighted by atomic mass is 10.00. The Hall–Kier alpha value is -0.820. The molecule has 0 radical (unpaired) electrons. The van der Waals surface area contributed by atoms with E-state index in [1.807, 2.05) is 0 Å². The van der Waals surface area contributed by atoms with Gasteiger partial charge in [-0.3, -0.25) is 0 Å². The van der Waals surface area contributed by atoms with Crippen molar-refractivity contribution in [3.63, 3.8) is 0 Å². The smallest absolute Gasteiger partial charge is 0.0294 e. The average Bonchev–Trinajstić information content (AvgIpc) is 2.25. The second kappa shape index (κ2) is 6.62. The average molecular weight is 205 g/mol. The van der Waals surface area contributed by atoms with Crippen LogP contribution in [0.3, 0.4) is 0 Å². The van der Waals surface area contributed by atoms with E-state index < -0.39 is 0 Å². The third kappa shape index (κ3) is 4.48. The van der Waals surface area contributed by atoms with Crippen LogP contribution in [-0.4, -0.2) is 0 Å². The molecular formula is C14H23N. The van der Waals surface area contributed by atoms with Gasteiger partial charge in [-0.15, -0.1) is 0 Å². The summed E-state index contributed by atoms with van der Waals surface area (Å²) in [6.07, 6.45) is 6.31. The van der Waals surface area contributed by atoms with Crippen LogP contribution >= 0.6 is 0 Å². The van der Waals surface area contributed by atoms with Crippen molar-refractivity contribution in [1.29, 1.82) is 0 Å². The summed E-state index contributed by atoms with van der Waals surface area (Å²) in [5.41, 5.74) is 8.71. The maximum atomic E-state index is 6.13. The lowest BCUT2D eigenvalue weighted by molar-refractivity contribution is 0.566. The van der Waals surface area contributed by atoms with Crippen LogP contribution in [0, 0.1) is 6.92 Å². The molecule has 1 heteroatoms. The molecule has 0 aliphatic heterocycles. The van der Waals surface area contributed by atoms with Gasteiger partial charge in [0.15, 0.2) is 0 Å². The number of aryl methyl sites for hydroxylation is 1. The molecule has 0 amide bonds. The molecule has 0 aromatic heterocycles. The molecule has 0 saturated carbocycles. The molecule has 0 saturated heterocycles. The molecular weight excluding hydrogens is 182 g/mol. The maximum absolute atomic E-state index is 6.13. The van der Waals surface area contributed by atoms with E-state index in [4.69, 9.17) is 5.73 Å². The first-order chi connectivity index (χ1) is 7.24. The predicted molar refractivity (Wildman–Crippen MR) is 66.9 cm³/mol. The van der Waals surface area contributed by atoms with Crippen molar-refractivity contribution >= 4 is 0 Å². The predicted octanol–water partition coefficient (Wildman–Crippen LogP) is 3.97. The monoisotopic (exact) mass is 205 g/mol. The lowest BCUT2D eigenvalue weighted by Gasteiger charge is -2.11. The largest absolute Gasteiger partial charge is 0.324 e. The van der Waals surface area contributed by atoms with Crippen molar-refractivity contribution in [1.82, 2.24) is 0 Å². The summed E-state index contributed by atoms with van der Waals surface area (Å²) in [7, 11) is 0. The van der Waals surface area contributed by atoms with Crippen molar-refractivity contribution in [3.8, 4) is 0 Å². The van der Waals surface area contributed by atoms with Gasteiger partial charge in [-0.1, -0.05) is 62.4 Å². The number of hydrogen-bond donors (Lipinski definition) is 1. The number of rotatable bonds is 6. The zero-order valence-corrected chi connectivity index (χ0v) is 10.00. The minimum atomic E-state index is 0.224. The molecule has 0 aliphatic carbocycles.